The zero-order chi connectivity index (χ0) is 28.2. The summed E-state index contributed by atoms with van der Waals surface area (Å²) in [6.07, 6.45) is 0.570. The lowest BCUT2D eigenvalue weighted by molar-refractivity contribution is -0.144. The molecule has 0 saturated heterocycles. The molecule has 0 atom stereocenters. The van der Waals surface area contributed by atoms with Crippen molar-refractivity contribution in [3.8, 4) is 0 Å². The van der Waals surface area contributed by atoms with Gasteiger partial charge in [-0.15, -0.1) is 0 Å². The summed E-state index contributed by atoms with van der Waals surface area (Å²) in [4.78, 5) is 21.5. The maximum Gasteiger partial charge on any atom is 0.308 e. The number of methoxy groups -OCH3 is 3. The fraction of sp³-hybridized carbons (Fsp3) is 0.913. The number of nitrogens with two attached hydrogens (primary N) is 1. The predicted octanol–water partition coefficient (Wildman–Crippen LogP) is -0.693. The van der Waals surface area contributed by atoms with E-state index >= 15 is 0 Å². The van der Waals surface area contributed by atoms with Crippen LogP contribution in [-0.4, -0.2) is 137 Å². The van der Waals surface area contributed by atoms with Gasteiger partial charge in [0.1, 0.15) is 0 Å². The number of ether oxygens (including phenoxy) is 9. The molecule has 0 aliphatic heterocycles. The van der Waals surface area contributed by atoms with Gasteiger partial charge < -0.3 is 47.7 Å². The lowest BCUT2D eigenvalue weighted by Crippen LogP contribution is -2.30. The highest BCUT2D eigenvalue weighted by Crippen LogP contribution is 1.88. The molecule has 14 heteroatoms. The molecule has 0 aromatic rings. The van der Waals surface area contributed by atoms with Gasteiger partial charge in [-0.25, -0.2) is 5.84 Å². The van der Waals surface area contributed by atoms with Crippen molar-refractivity contribution in [1.82, 2.24) is 5.43 Å². The van der Waals surface area contributed by atoms with Gasteiger partial charge in [0, 0.05) is 21.3 Å². The van der Waals surface area contributed by atoms with Gasteiger partial charge in [-0.3, -0.25) is 15.0 Å². The van der Waals surface area contributed by atoms with Crippen molar-refractivity contribution in [2.75, 3.05) is 120 Å². The minimum atomic E-state index is -0.231. The number of esters is 1. The Morgan fingerprint density at radius 1 is 0.622 bits per heavy atom. The Morgan fingerprint density at radius 2 is 1.00 bits per heavy atom. The second-order valence-corrected chi connectivity index (χ2v) is 6.64. The maximum absolute atomic E-state index is 10.9. The fourth-order valence-electron chi connectivity index (χ4n) is 1.86. The SMILES string of the molecule is CCOC(=O)CCOCCOCCOC.COCCOCCO.COCCOCCOCCC(=O)NN. The minimum absolute atomic E-state index is 0.0870. The summed E-state index contributed by atoms with van der Waals surface area (Å²) in [5.41, 5.74) is 2.02. The van der Waals surface area contributed by atoms with Crippen LogP contribution in [0.1, 0.15) is 19.8 Å². The summed E-state index contributed by atoms with van der Waals surface area (Å²) in [6, 6.07) is 0. The molecule has 0 spiro atoms. The first-order chi connectivity index (χ1) is 18.0. The highest BCUT2D eigenvalue weighted by molar-refractivity contribution is 5.75. The molecule has 14 nitrogen and oxygen atoms in total. The number of amides is 1. The quantitative estimate of drug-likeness (QED) is 0.0456. The number of carbonyl (C=O) groups excluding carboxylic acids is 2. The molecule has 0 saturated carbocycles. The van der Waals surface area contributed by atoms with Gasteiger partial charge in [0.05, 0.1) is 112 Å². The van der Waals surface area contributed by atoms with E-state index in [1.54, 1.807) is 28.3 Å². The van der Waals surface area contributed by atoms with Gasteiger partial charge in [-0.2, -0.15) is 0 Å². The van der Waals surface area contributed by atoms with Crippen LogP contribution in [0.15, 0.2) is 0 Å². The molecule has 37 heavy (non-hydrogen) atoms. The zero-order valence-electron chi connectivity index (χ0n) is 23.0. The molecule has 0 heterocycles. The third kappa shape index (κ3) is 44.9. The Balaban J connectivity index is -0.000000491. The van der Waals surface area contributed by atoms with Crippen molar-refractivity contribution in [1.29, 1.82) is 0 Å². The molecule has 0 fully saturated rings. The Hall–Kier alpha value is -1.46. The Labute approximate surface area is 221 Å². The summed E-state index contributed by atoms with van der Waals surface area (Å²) in [5, 5.41) is 8.20. The largest absolute Gasteiger partial charge is 0.466 e. The van der Waals surface area contributed by atoms with E-state index in [1.165, 1.54) is 0 Å². The van der Waals surface area contributed by atoms with Crippen molar-refractivity contribution >= 4 is 11.9 Å². The highest BCUT2D eigenvalue weighted by atomic mass is 16.6. The monoisotopic (exact) mass is 546 g/mol. The summed E-state index contributed by atoms with van der Waals surface area (Å²) in [7, 11) is 4.85. The number of hydrogen-bond donors (Lipinski definition) is 3. The first-order valence-electron chi connectivity index (χ1n) is 12.1. The average molecular weight is 547 g/mol. The topological polar surface area (TPSA) is 175 Å². The van der Waals surface area contributed by atoms with Gasteiger partial charge in [0.2, 0.25) is 5.91 Å². The molecule has 0 aliphatic carbocycles. The highest BCUT2D eigenvalue weighted by Gasteiger charge is 2.00. The molecular weight excluding hydrogens is 496 g/mol. The Kier molecular flexibility index (Phi) is 42.3. The number of hydrazine groups is 1. The number of hydrogen-bond acceptors (Lipinski definition) is 13. The van der Waals surface area contributed by atoms with Gasteiger partial charge in [-0.05, 0) is 6.92 Å². The minimum Gasteiger partial charge on any atom is -0.466 e. The molecule has 0 aliphatic rings. The first kappa shape index (κ1) is 40.0. The van der Waals surface area contributed by atoms with Crippen LogP contribution in [0.3, 0.4) is 0 Å². The van der Waals surface area contributed by atoms with Crippen molar-refractivity contribution in [3.63, 3.8) is 0 Å². The van der Waals surface area contributed by atoms with Gasteiger partial charge in [-0.1, -0.05) is 0 Å². The lowest BCUT2D eigenvalue weighted by atomic mass is 10.4. The van der Waals surface area contributed by atoms with Crippen LogP contribution in [0.5, 0.6) is 0 Å². The zero-order valence-corrected chi connectivity index (χ0v) is 23.0. The second kappa shape index (κ2) is 39.1. The van der Waals surface area contributed by atoms with E-state index in [0.29, 0.717) is 98.9 Å². The molecule has 4 N–H and O–H groups in total. The van der Waals surface area contributed by atoms with E-state index in [-0.39, 0.29) is 24.9 Å². The Morgan fingerprint density at radius 3 is 1.38 bits per heavy atom. The normalized spacial score (nSPS) is 10.1. The number of rotatable bonds is 24. The van der Waals surface area contributed by atoms with E-state index in [0.717, 1.165) is 0 Å². The molecule has 0 aromatic heterocycles. The van der Waals surface area contributed by atoms with Gasteiger partial charge in [0.15, 0.2) is 0 Å². The standard InChI is InChI=1S/C10H20O5.C8H18N2O4.C5H12O3/c1-3-15-10(11)4-5-13-8-9-14-7-6-12-2;1-12-4-5-14-7-6-13-3-2-8(11)10-9;1-7-4-5-8-3-2-6/h3-9H2,1-2H3;2-7,9H2,1H3,(H,10,11);6H,2-5H2,1H3. The van der Waals surface area contributed by atoms with Crippen molar-refractivity contribution < 1.29 is 57.3 Å². The molecule has 0 bridgehead atoms. The molecule has 224 valence electrons. The van der Waals surface area contributed by atoms with E-state index < -0.39 is 0 Å². The van der Waals surface area contributed by atoms with Gasteiger partial charge >= 0.3 is 5.97 Å². The summed E-state index contributed by atoms with van der Waals surface area (Å²) in [6.45, 7) is 8.87. The molecule has 0 rings (SSSR count). The number of aliphatic hydroxyl groups excluding tert-OH is 1. The van der Waals surface area contributed by atoms with Crippen LogP contribution in [0.4, 0.5) is 0 Å². The lowest BCUT2D eigenvalue weighted by Gasteiger charge is -2.05. The molecule has 0 radical (unpaired) electrons. The van der Waals surface area contributed by atoms with E-state index in [9.17, 15) is 9.59 Å². The van der Waals surface area contributed by atoms with Crippen LogP contribution in [0, 0.1) is 0 Å². The number of aliphatic hydroxyl groups is 1. The number of nitrogens with one attached hydrogen (secondary N) is 1. The van der Waals surface area contributed by atoms with E-state index in [2.05, 4.69) is 4.74 Å². The molecule has 0 aromatic carbocycles. The summed E-state index contributed by atoms with van der Waals surface area (Å²) < 4.78 is 44.4. The molecule has 1 amide bonds. The van der Waals surface area contributed by atoms with Crippen molar-refractivity contribution in [2.45, 2.75) is 19.8 Å². The summed E-state index contributed by atoms with van der Waals surface area (Å²) >= 11 is 0. The molecular formula is C23H50N2O12. The Bertz CT molecular complexity index is 442. The van der Waals surface area contributed by atoms with Crippen molar-refractivity contribution in [2.24, 2.45) is 5.84 Å². The second-order valence-electron chi connectivity index (χ2n) is 6.64. The third-order valence-electron chi connectivity index (χ3n) is 3.67. The average Bonchev–Trinajstić information content (AvgIpc) is 2.90. The predicted molar refractivity (Wildman–Crippen MR) is 135 cm³/mol. The van der Waals surface area contributed by atoms with Crippen LogP contribution in [-0.2, 0) is 52.2 Å². The first-order valence-corrected chi connectivity index (χ1v) is 12.1. The smallest absolute Gasteiger partial charge is 0.308 e. The van der Waals surface area contributed by atoms with Crippen LogP contribution in [0.2, 0.25) is 0 Å². The maximum atomic E-state index is 10.9. The van der Waals surface area contributed by atoms with Crippen LogP contribution >= 0.6 is 0 Å². The van der Waals surface area contributed by atoms with E-state index in [1.807, 2.05) is 5.43 Å². The van der Waals surface area contributed by atoms with Crippen LogP contribution in [0.25, 0.3) is 0 Å². The fourth-order valence-corrected chi connectivity index (χ4v) is 1.86. The van der Waals surface area contributed by atoms with Crippen molar-refractivity contribution in [3.05, 3.63) is 0 Å². The van der Waals surface area contributed by atoms with E-state index in [4.69, 9.17) is 48.8 Å². The van der Waals surface area contributed by atoms with Gasteiger partial charge in [0.25, 0.3) is 0 Å². The number of carbonyl (C=O) groups is 2. The molecule has 0 unspecified atom stereocenters. The van der Waals surface area contributed by atoms with Crippen LogP contribution < -0.4 is 11.3 Å². The third-order valence-corrected chi connectivity index (χ3v) is 3.67. The summed E-state index contributed by atoms with van der Waals surface area (Å²) in [5.74, 6) is 4.42.